The topological polar surface area (TPSA) is 57.5 Å². The number of carbonyl (C=O) groups is 1. The third-order valence-electron chi connectivity index (χ3n) is 3.41. The smallest absolute Gasteiger partial charge is 0.186 e. The fraction of sp³-hybridized carbons (Fsp3) is 0. The fourth-order valence-corrected chi connectivity index (χ4v) is 3.02. The van der Waals surface area contributed by atoms with Gasteiger partial charge in [0.25, 0.3) is 0 Å². The highest BCUT2D eigenvalue weighted by molar-refractivity contribution is 7.13. The number of aromatic hydroxyl groups is 2. The Kier molecular flexibility index (Phi) is 4.26. The monoisotopic (exact) mass is 322 g/mol. The Labute approximate surface area is 137 Å². The predicted octanol–water partition coefficient (Wildman–Crippen LogP) is 4.72. The van der Waals surface area contributed by atoms with Crippen LogP contribution in [0.25, 0.3) is 16.5 Å². The van der Waals surface area contributed by atoms with E-state index >= 15 is 0 Å². The summed E-state index contributed by atoms with van der Waals surface area (Å²) in [5, 5.41) is 20.8. The van der Waals surface area contributed by atoms with Gasteiger partial charge in [0, 0.05) is 16.0 Å². The van der Waals surface area contributed by atoms with E-state index in [9.17, 15) is 15.0 Å². The van der Waals surface area contributed by atoms with Gasteiger partial charge in [-0.15, -0.1) is 11.3 Å². The van der Waals surface area contributed by atoms with Crippen LogP contribution in [0.1, 0.15) is 15.9 Å². The van der Waals surface area contributed by atoms with Gasteiger partial charge in [0.05, 0.1) is 0 Å². The Bertz CT molecular complexity index is 864. The molecule has 23 heavy (non-hydrogen) atoms. The van der Waals surface area contributed by atoms with Crippen molar-refractivity contribution in [1.82, 2.24) is 0 Å². The molecule has 0 unspecified atom stereocenters. The molecule has 0 atom stereocenters. The van der Waals surface area contributed by atoms with Gasteiger partial charge in [-0.25, -0.2) is 0 Å². The van der Waals surface area contributed by atoms with E-state index in [4.69, 9.17) is 0 Å². The maximum atomic E-state index is 12.5. The van der Waals surface area contributed by atoms with Crippen LogP contribution in [0.2, 0.25) is 0 Å². The molecule has 3 rings (SSSR count). The maximum Gasteiger partial charge on any atom is 0.186 e. The summed E-state index contributed by atoms with van der Waals surface area (Å²) in [4.78, 5) is 13.5. The predicted molar refractivity (Wildman–Crippen MR) is 92.9 cm³/mol. The molecule has 0 aliphatic carbocycles. The Morgan fingerprint density at radius 2 is 1.78 bits per heavy atom. The molecule has 0 aliphatic heterocycles. The van der Waals surface area contributed by atoms with E-state index in [1.807, 2.05) is 35.7 Å². The molecule has 3 nitrogen and oxygen atoms in total. The van der Waals surface area contributed by atoms with Gasteiger partial charge in [-0.3, -0.25) is 4.79 Å². The molecule has 2 aromatic carbocycles. The van der Waals surface area contributed by atoms with Crippen molar-refractivity contribution in [3.8, 4) is 21.9 Å². The van der Waals surface area contributed by atoms with Gasteiger partial charge in [0.1, 0.15) is 0 Å². The molecule has 0 fully saturated rings. The van der Waals surface area contributed by atoms with E-state index in [1.165, 1.54) is 18.2 Å². The van der Waals surface area contributed by atoms with Crippen LogP contribution in [-0.2, 0) is 0 Å². The van der Waals surface area contributed by atoms with Gasteiger partial charge in [0.15, 0.2) is 17.3 Å². The van der Waals surface area contributed by atoms with Crippen molar-refractivity contribution < 1.29 is 15.0 Å². The second kappa shape index (κ2) is 6.50. The minimum atomic E-state index is -0.210. The summed E-state index contributed by atoms with van der Waals surface area (Å²) in [5.74, 6) is -0.503. The first-order valence-corrected chi connectivity index (χ1v) is 7.90. The second-order valence-corrected chi connectivity index (χ2v) is 5.92. The highest BCUT2D eigenvalue weighted by Gasteiger charge is 2.10. The van der Waals surface area contributed by atoms with E-state index in [-0.39, 0.29) is 17.3 Å². The summed E-state index contributed by atoms with van der Waals surface area (Å²) in [6, 6.07) is 15.8. The van der Waals surface area contributed by atoms with E-state index in [0.29, 0.717) is 11.1 Å². The molecule has 114 valence electrons. The van der Waals surface area contributed by atoms with Crippen LogP contribution >= 0.6 is 11.3 Å². The van der Waals surface area contributed by atoms with E-state index in [2.05, 4.69) is 0 Å². The lowest BCUT2D eigenvalue weighted by Crippen LogP contribution is -1.96. The van der Waals surface area contributed by atoms with Gasteiger partial charge in [-0.05, 0) is 35.2 Å². The van der Waals surface area contributed by atoms with Crippen molar-refractivity contribution >= 4 is 23.2 Å². The summed E-state index contributed by atoms with van der Waals surface area (Å²) in [6.45, 7) is 0. The van der Waals surface area contributed by atoms with Crippen LogP contribution in [0, 0.1) is 0 Å². The minimum absolute atomic E-state index is 0.110. The lowest BCUT2D eigenvalue weighted by Gasteiger charge is -2.04. The number of phenols is 2. The first-order valence-electron chi connectivity index (χ1n) is 7.02. The van der Waals surface area contributed by atoms with Crippen molar-refractivity contribution in [3.05, 3.63) is 77.2 Å². The van der Waals surface area contributed by atoms with Crippen LogP contribution in [0.5, 0.6) is 11.5 Å². The summed E-state index contributed by atoms with van der Waals surface area (Å²) in [5.41, 5.74) is 2.18. The molecule has 4 heteroatoms. The molecule has 1 heterocycles. The van der Waals surface area contributed by atoms with Crippen LogP contribution in [0.4, 0.5) is 0 Å². The lowest BCUT2D eigenvalue weighted by molar-refractivity contribution is 0.104. The largest absolute Gasteiger partial charge is 0.504 e. The van der Waals surface area contributed by atoms with E-state index in [1.54, 1.807) is 29.5 Å². The minimum Gasteiger partial charge on any atom is -0.504 e. The zero-order chi connectivity index (χ0) is 16.2. The first-order chi connectivity index (χ1) is 11.1. The Hall–Kier alpha value is -2.85. The lowest BCUT2D eigenvalue weighted by atomic mass is 10.0. The number of hydrogen-bond donors (Lipinski definition) is 2. The second-order valence-electron chi connectivity index (χ2n) is 4.97. The van der Waals surface area contributed by atoms with Crippen LogP contribution in [0.15, 0.2) is 66.1 Å². The molecule has 2 N–H and O–H groups in total. The van der Waals surface area contributed by atoms with Gasteiger partial charge < -0.3 is 10.2 Å². The molecule has 0 spiro atoms. The first kappa shape index (κ1) is 15.1. The maximum absolute atomic E-state index is 12.5. The number of ketones is 1. The van der Waals surface area contributed by atoms with Gasteiger partial charge in [0.2, 0.25) is 0 Å². The summed E-state index contributed by atoms with van der Waals surface area (Å²) < 4.78 is 0. The molecular weight excluding hydrogens is 308 g/mol. The average molecular weight is 322 g/mol. The highest BCUT2D eigenvalue weighted by atomic mass is 32.1. The zero-order valence-electron chi connectivity index (χ0n) is 12.1. The van der Waals surface area contributed by atoms with E-state index in [0.717, 1.165) is 10.4 Å². The molecular formula is C19H14O3S. The number of thiophene rings is 1. The fourth-order valence-electron chi connectivity index (χ4n) is 2.25. The average Bonchev–Trinajstić information content (AvgIpc) is 3.10. The van der Waals surface area contributed by atoms with Crippen LogP contribution in [0.3, 0.4) is 0 Å². The molecule has 0 saturated carbocycles. The number of allylic oxidation sites excluding steroid dienone is 1. The van der Waals surface area contributed by atoms with Gasteiger partial charge in [-0.1, -0.05) is 42.5 Å². The van der Waals surface area contributed by atoms with E-state index < -0.39 is 0 Å². The standard InChI is InChI=1S/C19H14O3S/c20-16(9-7-13-8-10-17(21)18(22)12-13)14-4-1-2-5-15(14)19-6-3-11-23-19/h1-12,21-22H. The van der Waals surface area contributed by atoms with Crippen LogP contribution in [-0.4, -0.2) is 16.0 Å². The normalized spacial score (nSPS) is 11.0. The summed E-state index contributed by atoms with van der Waals surface area (Å²) >= 11 is 1.59. The van der Waals surface area contributed by atoms with Crippen LogP contribution < -0.4 is 0 Å². The van der Waals surface area contributed by atoms with Gasteiger partial charge >= 0.3 is 0 Å². The Balaban J connectivity index is 1.89. The molecule has 1 aromatic heterocycles. The number of hydrogen-bond acceptors (Lipinski definition) is 4. The Morgan fingerprint density at radius 1 is 0.957 bits per heavy atom. The molecule has 0 amide bonds. The van der Waals surface area contributed by atoms with Crippen molar-refractivity contribution in [3.63, 3.8) is 0 Å². The molecule has 0 saturated heterocycles. The zero-order valence-corrected chi connectivity index (χ0v) is 13.0. The molecule has 3 aromatic rings. The third kappa shape index (κ3) is 3.33. The van der Waals surface area contributed by atoms with Gasteiger partial charge in [-0.2, -0.15) is 0 Å². The molecule has 0 bridgehead atoms. The summed E-state index contributed by atoms with van der Waals surface area (Å²) in [7, 11) is 0. The third-order valence-corrected chi connectivity index (χ3v) is 4.31. The van der Waals surface area contributed by atoms with Crippen molar-refractivity contribution in [1.29, 1.82) is 0 Å². The highest BCUT2D eigenvalue weighted by Crippen LogP contribution is 2.29. The number of phenolic OH excluding ortho intramolecular Hbond substituents is 2. The van der Waals surface area contributed by atoms with Crippen molar-refractivity contribution in [2.75, 3.05) is 0 Å². The summed E-state index contributed by atoms with van der Waals surface area (Å²) in [6.07, 6.45) is 3.09. The Morgan fingerprint density at radius 3 is 2.52 bits per heavy atom. The molecule has 0 aliphatic rings. The molecule has 0 radical (unpaired) electrons. The number of carbonyl (C=O) groups excluding carboxylic acids is 1. The number of rotatable bonds is 4. The van der Waals surface area contributed by atoms with Crippen molar-refractivity contribution in [2.24, 2.45) is 0 Å². The number of benzene rings is 2. The van der Waals surface area contributed by atoms with Crippen molar-refractivity contribution in [2.45, 2.75) is 0 Å². The SMILES string of the molecule is O=C(C=Cc1ccc(O)c(O)c1)c1ccccc1-c1cccs1. The quantitative estimate of drug-likeness (QED) is 0.415.